The summed E-state index contributed by atoms with van der Waals surface area (Å²) in [6.07, 6.45) is 3.03. The highest BCUT2D eigenvalue weighted by molar-refractivity contribution is 7.97. The molecule has 0 amide bonds. The predicted octanol–water partition coefficient (Wildman–Crippen LogP) is 4.24. The second kappa shape index (κ2) is 9.14. The van der Waals surface area contributed by atoms with Crippen LogP contribution < -0.4 is 5.73 Å². The molecule has 2 aromatic carbocycles. The summed E-state index contributed by atoms with van der Waals surface area (Å²) >= 11 is 1.57. The third-order valence-electron chi connectivity index (χ3n) is 4.26. The molecule has 0 spiro atoms. The number of aliphatic hydroxyl groups excluding tert-OH is 1. The van der Waals surface area contributed by atoms with Gasteiger partial charge in [0.05, 0.1) is 6.61 Å². The molecule has 0 aliphatic rings. The lowest BCUT2D eigenvalue weighted by atomic mass is 10.0. The molecule has 3 N–H and O–H groups in total. The third kappa shape index (κ3) is 4.67. The number of anilines is 1. The maximum atomic E-state index is 14.8. The minimum atomic E-state index is -0.346. The molecule has 1 heterocycles. The van der Waals surface area contributed by atoms with Gasteiger partial charge in [-0.2, -0.15) is 0 Å². The zero-order valence-corrected chi connectivity index (χ0v) is 16.7. The number of nitrogens with zero attached hydrogens (tertiary/aromatic N) is 3. The van der Waals surface area contributed by atoms with E-state index in [4.69, 9.17) is 5.73 Å². The van der Waals surface area contributed by atoms with Crippen LogP contribution in [0.4, 0.5) is 10.3 Å². The number of hydrogen-bond donors (Lipinski definition) is 2. The van der Waals surface area contributed by atoms with Gasteiger partial charge in [-0.15, -0.1) is 0 Å². The van der Waals surface area contributed by atoms with Crippen molar-refractivity contribution in [3.8, 4) is 22.3 Å². The van der Waals surface area contributed by atoms with Crippen molar-refractivity contribution in [2.45, 2.75) is 24.8 Å². The van der Waals surface area contributed by atoms with Crippen LogP contribution in [0.1, 0.15) is 13.8 Å². The van der Waals surface area contributed by atoms with Gasteiger partial charge in [0.1, 0.15) is 5.82 Å². The molecule has 5 nitrogen and oxygen atoms in total. The van der Waals surface area contributed by atoms with Crippen LogP contribution in [-0.4, -0.2) is 38.6 Å². The molecule has 0 bridgehead atoms. The highest BCUT2D eigenvalue weighted by Gasteiger charge is 2.15. The van der Waals surface area contributed by atoms with Crippen LogP contribution in [0.2, 0.25) is 0 Å². The zero-order chi connectivity index (χ0) is 20.1. The molecule has 28 heavy (non-hydrogen) atoms. The quantitative estimate of drug-likeness (QED) is 0.580. The molecule has 0 aliphatic carbocycles. The molecule has 1 aromatic heterocycles. The number of aromatic nitrogens is 2. The smallest absolute Gasteiger partial charge is 0.219 e. The Hall–Kier alpha value is -2.48. The minimum Gasteiger partial charge on any atom is -0.395 e. The van der Waals surface area contributed by atoms with Crippen molar-refractivity contribution < 1.29 is 9.50 Å². The molecular formula is C21H23FN4OS. The fourth-order valence-corrected chi connectivity index (χ4v) is 3.87. The standard InChI is InChI=1S/C21H23FN4OS/c1-14(2)26(9-10-27)28-20-6-4-3-5-18(20)15-7-8-17(19(22)11-15)16-12-24-21(23)25-13-16/h3-8,11-14,27H,9-10H2,1-2H3,(H2,23,24,25). The first-order valence-electron chi connectivity index (χ1n) is 9.02. The molecule has 0 radical (unpaired) electrons. The molecule has 7 heteroatoms. The van der Waals surface area contributed by atoms with E-state index in [2.05, 4.69) is 28.1 Å². The number of nitrogens with two attached hydrogens (primary N) is 1. The maximum absolute atomic E-state index is 14.8. The highest BCUT2D eigenvalue weighted by atomic mass is 32.2. The van der Waals surface area contributed by atoms with Crippen LogP contribution in [0.15, 0.2) is 59.8 Å². The summed E-state index contributed by atoms with van der Waals surface area (Å²) < 4.78 is 16.9. The van der Waals surface area contributed by atoms with Crippen molar-refractivity contribution in [3.05, 3.63) is 60.7 Å². The third-order valence-corrected chi connectivity index (χ3v) is 5.65. The molecule has 3 rings (SSSR count). The lowest BCUT2D eigenvalue weighted by molar-refractivity contribution is 0.247. The van der Waals surface area contributed by atoms with E-state index in [9.17, 15) is 9.50 Å². The van der Waals surface area contributed by atoms with Crippen LogP contribution in [0.25, 0.3) is 22.3 Å². The van der Waals surface area contributed by atoms with Crippen molar-refractivity contribution in [2.75, 3.05) is 18.9 Å². The second-order valence-electron chi connectivity index (χ2n) is 6.57. The van der Waals surface area contributed by atoms with Gasteiger partial charge in [-0.1, -0.05) is 30.3 Å². The maximum Gasteiger partial charge on any atom is 0.219 e. The summed E-state index contributed by atoms with van der Waals surface area (Å²) in [5, 5.41) is 9.32. The summed E-state index contributed by atoms with van der Waals surface area (Å²) in [5.41, 5.74) is 8.24. The summed E-state index contributed by atoms with van der Waals surface area (Å²) in [4.78, 5) is 8.86. The molecule has 146 valence electrons. The zero-order valence-electron chi connectivity index (χ0n) is 15.8. The SMILES string of the molecule is CC(C)N(CCO)Sc1ccccc1-c1ccc(-c2cnc(N)nc2)c(F)c1. The van der Waals surface area contributed by atoms with Crippen LogP contribution in [0.5, 0.6) is 0 Å². The van der Waals surface area contributed by atoms with Crippen molar-refractivity contribution in [2.24, 2.45) is 0 Å². The number of hydrogen-bond acceptors (Lipinski definition) is 6. The Morgan fingerprint density at radius 2 is 1.79 bits per heavy atom. The van der Waals surface area contributed by atoms with E-state index in [0.717, 1.165) is 16.0 Å². The molecule has 0 atom stereocenters. The van der Waals surface area contributed by atoms with Crippen LogP contribution in [0, 0.1) is 5.82 Å². The van der Waals surface area contributed by atoms with Crippen molar-refractivity contribution in [3.63, 3.8) is 0 Å². The van der Waals surface area contributed by atoms with E-state index in [-0.39, 0.29) is 24.4 Å². The number of nitrogen functional groups attached to an aromatic ring is 1. The Labute approximate surface area is 168 Å². The molecular weight excluding hydrogens is 375 g/mol. The van der Waals surface area contributed by atoms with E-state index < -0.39 is 0 Å². The lowest BCUT2D eigenvalue weighted by Crippen LogP contribution is -2.26. The van der Waals surface area contributed by atoms with Gasteiger partial charge < -0.3 is 10.8 Å². The fraction of sp³-hybridized carbons (Fsp3) is 0.238. The number of halogens is 1. The molecule has 0 saturated carbocycles. The normalized spacial score (nSPS) is 11.4. The Kier molecular flexibility index (Phi) is 6.61. The van der Waals surface area contributed by atoms with Crippen molar-refractivity contribution in [1.82, 2.24) is 14.3 Å². The minimum absolute atomic E-state index is 0.0837. The number of benzene rings is 2. The summed E-state index contributed by atoms with van der Waals surface area (Å²) in [6, 6.07) is 13.3. The van der Waals surface area contributed by atoms with Crippen molar-refractivity contribution >= 4 is 17.9 Å². The van der Waals surface area contributed by atoms with Gasteiger partial charge >= 0.3 is 0 Å². The van der Waals surface area contributed by atoms with E-state index in [1.807, 2.05) is 30.3 Å². The molecule has 0 aliphatic heterocycles. The molecule has 0 saturated heterocycles. The summed E-state index contributed by atoms with van der Waals surface area (Å²) in [5.74, 6) is -0.189. The van der Waals surface area contributed by atoms with E-state index in [1.54, 1.807) is 18.0 Å². The van der Waals surface area contributed by atoms with Gasteiger partial charge in [-0.05, 0) is 49.1 Å². The monoisotopic (exact) mass is 398 g/mol. The van der Waals surface area contributed by atoms with Crippen LogP contribution in [-0.2, 0) is 0 Å². The first-order chi connectivity index (χ1) is 13.5. The Morgan fingerprint density at radius 3 is 2.43 bits per heavy atom. The van der Waals surface area contributed by atoms with Gasteiger partial charge in [0.25, 0.3) is 0 Å². The predicted molar refractivity (Wildman–Crippen MR) is 112 cm³/mol. The van der Waals surface area contributed by atoms with Gasteiger partial charge in [0.15, 0.2) is 0 Å². The second-order valence-corrected chi connectivity index (χ2v) is 7.66. The average molecular weight is 399 g/mol. The van der Waals surface area contributed by atoms with E-state index in [1.165, 1.54) is 18.5 Å². The average Bonchev–Trinajstić information content (AvgIpc) is 2.69. The van der Waals surface area contributed by atoms with Gasteiger partial charge in [-0.25, -0.2) is 18.7 Å². The van der Waals surface area contributed by atoms with E-state index >= 15 is 0 Å². The summed E-state index contributed by atoms with van der Waals surface area (Å²) in [7, 11) is 0. The van der Waals surface area contributed by atoms with E-state index in [0.29, 0.717) is 17.7 Å². The van der Waals surface area contributed by atoms with Gasteiger partial charge in [-0.3, -0.25) is 0 Å². The Balaban J connectivity index is 1.94. The van der Waals surface area contributed by atoms with Crippen LogP contribution >= 0.6 is 11.9 Å². The van der Waals surface area contributed by atoms with Crippen LogP contribution in [0.3, 0.4) is 0 Å². The lowest BCUT2D eigenvalue weighted by Gasteiger charge is -2.25. The number of aliphatic hydroxyl groups is 1. The van der Waals surface area contributed by atoms with Gasteiger partial charge in [0.2, 0.25) is 5.95 Å². The Morgan fingerprint density at radius 1 is 1.07 bits per heavy atom. The summed E-state index contributed by atoms with van der Waals surface area (Å²) in [6.45, 7) is 4.80. The topological polar surface area (TPSA) is 75.3 Å². The highest BCUT2D eigenvalue weighted by Crippen LogP contribution is 2.35. The molecule has 0 fully saturated rings. The van der Waals surface area contributed by atoms with Gasteiger partial charge in [0, 0.05) is 41.0 Å². The number of rotatable bonds is 7. The Bertz CT molecular complexity index is 934. The first-order valence-corrected chi connectivity index (χ1v) is 9.79. The largest absolute Gasteiger partial charge is 0.395 e. The fourth-order valence-electron chi connectivity index (χ4n) is 2.81. The van der Waals surface area contributed by atoms with Crippen molar-refractivity contribution in [1.29, 1.82) is 0 Å². The first kappa shape index (κ1) is 20.3. The molecule has 3 aromatic rings. The molecule has 0 unspecified atom stereocenters.